The number of nitrogens with one attached hydrogen (secondary N) is 1. The molecule has 124 valence electrons. The van der Waals surface area contributed by atoms with Gasteiger partial charge in [0.25, 0.3) is 0 Å². The molecule has 24 heavy (non-hydrogen) atoms. The number of esters is 1. The summed E-state index contributed by atoms with van der Waals surface area (Å²) >= 11 is 0. The van der Waals surface area contributed by atoms with Gasteiger partial charge in [-0.15, -0.1) is 5.10 Å². The number of aryl methyl sites for hydroxylation is 2. The molecule has 0 aliphatic heterocycles. The number of carbonyl (C=O) groups is 1. The average molecular weight is 328 g/mol. The van der Waals surface area contributed by atoms with Crippen LogP contribution in [0.3, 0.4) is 0 Å². The number of carbonyl (C=O) groups excluding carboxylic acids is 1. The van der Waals surface area contributed by atoms with E-state index in [1.165, 1.54) is 12.3 Å². The van der Waals surface area contributed by atoms with Gasteiger partial charge in [0.2, 0.25) is 0 Å². The van der Waals surface area contributed by atoms with Gasteiger partial charge in [-0.05, 0) is 37.6 Å². The van der Waals surface area contributed by atoms with E-state index in [0.29, 0.717) is 16.7 Å². The van der Waals surface area contributed by atoms with E-state index in [2.05, 4.69) is 15.5 Å². The molecule has 2 aromatic heterocycles. The third kappa shape index (κ3) is 2.68. The number of halogens is 1. The van der Waals surface area contributed by atoms with Crippen molar-refractivity contribution in [3.05, 3.63) is 47.5 Å². The normalized spacial score (nSPS) is 10.8. The largest absolute Gasteiger partial charge is 0.461 e. The molecule has 3 rings (SSSR count). The highest BCUT2D eigenvalue weighted by Gasteiger charge is 2.24. The molecule has 0 saturated heterocycles. The molecule has 0 fully saturated rings. The summed E-state index contributed by atoms with van der Waals surface area (Å²) in [5.41, 5.74) is 2.88. The van der Waals surface area contributed by atoms with Crippen LogP contribution in [0, 0.1) is 12.7 Å². The van der Waals surface area contributed by atoms with E-state index in [9.17, 15) is 9.18 Å². The fourth-order valence-corrected chi connectivity index (χ4v) is 2.59. The number of aromatic nitrogens is 3. The Bertz CT molecular complexity index is 920. The molecular weight excluding hydrogens is 311 g/mol. The predicted molar refractivity (Wildman–Crippen MR) is 88.9 cm³/mol. The molecule has 0 atom stereocenters. The maximum absolute atomic E-state index is 14.2. The van der Waals surface area contributed by atoms with E-state index >= 15 is 0 Å². The van der Waals surface area contributed by atoms with Crippen molar-refractivity contribution >= 4 is 28.4 Å². The Hall–Kier alpha value is -2.96. The van der Waals surface area contributed by atoms with Gasteiger partial charge in [-0.2, -0.15) is 5.10 Å². The summed E-state index contributed by atoms with van der Waals surface area (Å²) in [6.45, 7) is 3.78. The molecule has 2 heterocycles. The average Bonchev–Trinajstić information content (AvgIpc) is 2.83. The second-order valence-electron chi connectivity index (χ2n) is 5.38. The number of rotatable bonds is 4. The summed E-state index contributed by atoms with van der Waals surface area (Å²) in [6.07, 6.45) is 1.54. The Kier molecular flexibility index (Phi) is 4.16. The van der Waals surface area contributed by atoms with E-state index in [-0.39, 0.29) is 18.0 Å². The predicted octanol–water partition coefficient (Wildman–Crippen LogP) is 3.34. The van der Waals surface area contributed by atoms with Crippen LogP contribution >= 0.6 is 0 Å². The Morgan fingerprint density at radius 1 is 1.38 bits per heavy atom. The number of nitrogens with zero attached hydrogens (tertiary/aromatic N) is 3. The van der Waals surface area contributed by atoms with Gasteiger partial charge in [0.05, 0.1) is 24.0 Å². The van der Waals surface area contributed by atoms with Crippen LogP contribution in [0.25, 0.3) is 11.0 Å². The zero-order valence-corrected chi connectivity index (χ0v) is 13.6. The maximum atomic E-state index is 14.2. The molecule has 1 aromatic carbocycles. The fourth-order valence-electron chi connectivity index (χ4n) is 2.59. The number of hydrogen-bond donors (Lipinski definition) is 1. The summed E-state index contributed by atoms with van der Waals surface area (Å²) in [5.74, 6) is -0.918. The van der Waals surface area contributed by atoms with Gasteiger partial charge in [0.15, 0.2) is 5.69 Å². The lowest BCUT2D eigenvalue weighted by atomic mass is 10.2. The third-order valence-corrected chi connectivity index (χ3v) is 3.72. The van der Waals surface area contributed by atoms with Gasteiger partial charge in [0.1, 0.15) is 17.0 Å². The first-order valence-electron chi connectivity index (χ1n) is 7.53. The van der Waals surface area contributed by atoms with E-state index in [4.69, 9.17) is 4.74 Å². The van der Waals surface area contributed by atoms with Crippen LogP contribution in [0.1, 0.15) is 23.0 Å². The zero-order valence-electron chi connectivity index (χ0n) is 13.6. The van der Waals surface area contributed by atoms with Crippen LogP contribution in [0.4, 0.5) is 15.8 Å². The van der Waals surface area contributed by atoms with Crippen molar-refractivity contribution in [2.75, 3.05) is 11.9 Å². The molecule has 0 bridgehead atoms. The smallest absolute Gasteiger partial charge is 0.357 e. The second-order valence-corrected chi connectivity index (χ2v) is 5.38. The van der Waals surface area contributed by atoms with Crippen LogP contribution in [0.2, 0.25) is 0 Å². The van der Waals surface area contributed by atoms with Gasteiger partial charge in [-0.3, -0.25) is 0 Å². The Morgan fingerprint density at radius 2 is 2.17 bits per heavy atom. The third-order valence-electron chi connectivity index (χ3n) is 3.72. The van der Waals surface area contributed by atoms with E-state index < -0.39 is 11.8 Å². The summed E-state index contributed by atoms with van der Waals surface area (Å²) in [4.78, 5) is 12.4. The lowest BCUT2D eigenvalue weighted by Crippen LogP contribution is -2.12. The molecule has 0 aliphatic rings. The highest BCUT2D eigenvalue weighted by atomic mass is 19.1. The summed E-state index contributed by atoms with van der Waals surface area (Å²) in [5, 5.41) is 10.9. The molecule has 3 aromatic rings. The SMILES string of the molecule is CCOC(=O)c1c(Nc2ccc(C)cc2F)c2nnccc2n1C. The molecule has 0 spiro atoms. The maximum Gasteiger partial charge on any atom is 0.357 e. The number of ether oxygens (including phenoxy) is 1. The Morgan fingerprint density at radius 3 is 2.88 bits per heavy atom. The minimum absolute atomic E-state index is 0.240. The van der Waals surface area contributed by atoms with Gasteiger partial charge < -0.3 is 14.6 Å². The summed E-state index contributed by atoms with van der Waals surface area (Å²) in [6, 6.07) is 6.56. The standard InChI is InChI=1S/C17H17FN4O2/c1-4-24-17(23)16-15(14-13(22(16)3)7-8-19-21-14)20-12-6-5-10(2)9-11(12)18/h5-9,20H,4H2,1-3H3. The highest BCUT2D eigenvalue weighted by molar-refractivity contribution is 6.06. The first-order valence-corrected chi connectivity index (χ1v) is 7.53. The number of fused-ring (bicyclic) bond motifs is 1. The van der Waals surface area contributed by atoms with Gasteiger partial charge in [-0.1, -0.05) is 6.07 Å². The molecule has 7 heteroatoms. The molecule has 0 amide bonds. The molecule has 0 saturated carbocycles. The van der Waals surface area contributed by atoms with Crippen molar-refractivity contribution < 1.29 is 13.9 Å². The molecule has 0 aliphatic carbocycles. The molecule has 0 radical (unpaired) electrons. The molecular formula is C17H17FN4O2. The van der Waals surface area contributed by atoms with Crippen LogP contribution in [-0.4, -0.2) is 27.3 Å². The quantitative estimate of drug-likeness (QED) is 0.744. The minimum atomic E-state index is -0.506. The van der Waals surface area contributed by atoms with Crippen molar-refractivity contribution in [2.45, 2.75) is 13.8 Å². The lowest BCUT2D eigenvalue weighted by molar-refractivity contribution is 0.0517. The van der Waals surface area contributed by atoms with Gasteiger partial charge in [-0.25, -0.2) is 9.18 Å². The van der Waals surface area contributed by atoms with Crippen molar-refractivity contribution in [1.82, 2.24) is 14.8 Å². The first kappa shape index (κ1) is 15.9. The second kappa shape index (κ2) is 6.27. The van der Waals surface area contributed by atoms with Gasteiger partial charge >= 0.3 is 5.97 Å². The van der Waals surface area contributed by atoms with Crippen molar-refractivity contribution in [2.24, 2.45) is 7.05 Å². The van der Waals surface area contributed by atoms with Crippen LogP contribution in [-0.2, 0) is 11.8 Å². The Labute approximate surface area is 138 Å². The molecule has 0 unspecified atom stereocenters. The van der Waals surface area contributed by atoms with Crippen LogP contribution in [0.5, 0.6) is 0 Å². The van der Waals surface area contributed by atoms with E-state index in [1.54, 1.807) is 43.7 Å². The van der Waals surface area contributed by atoms with Crippen molar-refractivity contribution in [3.8, 4) is 0 Å². The van der Waals surface area contributed by atoms with Crippen molar-refractivity contribution in [3.63, 3.8) is 0 Å². The lowest BCUT2D eigenvalue weighted by Gasteiger charge is -2.10. The highest BCUT2D eigenvalue weighted by Crippen LogP contribution is 2.32. The van der Waals surface area contributed by atoms with Crippen LogP contribution in [0.15, 0.2) is 30.5 Å². The number of hydrogen-bond acceptors (Lipinski definition) is 5. The topological polar surface area (TPSA) is 69.0 Å². The molecule has 6 nitrogen and oxygen atoms in total. The summed E-state index contributed by atoms with van der Waals surface area (Å²) in [7, 11) is 1.73. The zero-order chi connectivity index (χ0) is 17.3. The fraction of sp³-hybridized carbons (Fsp3) is 0.235. The monoisotopic (exact) mass is 328 g/mol. The molecule has 1 N–H and O–H groups in total. The minimum Gasteiger partial charge on any atom is -0.461 e. The number of anilines is 2. The van der Waals surface area contributed by atoms with E-state index in [0.717, 1.165) is 5.56 Å². The first-order chi connectivity index (χ1) is 11.5. The van der Waals surface area contributed by atoms with E-state index in [1.807, 2.05) is 0 Å². The number of benzene rings is 1. The van der Waals surface area contributed by atoms with Crippen LogP contribution < -0.4 is 5.32 Å². The van der Waals surface area contributed by atoms with Gasteiger partial charge in [0, 0.05) is 7.05 Å². The summed E-state index contributed by atoms with van der Waals surface area (Å²) < 4.78 is 21.0. The Balaban J connectivity index is 2.18. The van der Waals surface area contributed by atoms with Crippen molar-refractivity contribution in [1.29, 1.82) is 0 Å².